The molecule has 0 radical (unpaired) electrons. The van der Waals surface area contributed by atoms with E-state index in [4.69, 9.17) is 11.6 Å². The Labute approximate surface area is 132 Å². The second kappa shape index (κ2) is 7.43. The molecule has 2 aromatic rings. The minimum atomic E-state index is 0.247. The van der Waals surface area contributed by atoms with Gasteiger partial charge in [0.15, 0.2) is 0 Å². The van der Waals surface area contributed by atoms with Crippen LogP contribution in [0.5, 0.6) is 0 Å². The van der Waals surface area contributed by atoms with Crippen molar-refractivity contribution in [3.8, 4) is 0 Å². The van der Waals surface area contributed by atoms with Crippen LogP contribution in [0.4, 0.5) is 5.82 Å². The summed E-state index contributed by atoms with van der Waals surface area (Å²) in [6, 6.07) is 14.3. The molecular formula is C17H22ClN3. The Kier molecular flexibility index (Phi) is 5.59. The molecule has 1 unspecified atom stereocenters. The summed E-state index contributed by atoms with van der Waals surface area (Å²) in [5.41, 5.74) is 1.24. The highest BCUT2D eigenvalue weighted by molar-refractivity contribution is 6.30. The van der Waals surface area contributed by atoms with Gasteiger partial charge in [-0.2, -0.15) is 0 Å². The maximum atomic E-state index is 5.98. The van der Waals surface area contributed by atoms with E-state index in [9.17, 15) is 0 Å². The Morgan fingerprint density at radius 1 is 1.05 bits per heavy atom. The van der Waals surface area contributed by atoms with Gasteiger partial charge in [0.2, 0.25) is 0 Å². The highest BCUT2D eigenvalue weighted by Crippen LogP contribution is 2.26. The molecule has 0 spiro atoms. The SMILES string of the molecule is CC(c1ccc(Cl)cc1)N(CCN(C)C)c1ccccn1. The Balaban J connectivity index is 2.23. The normalized spacial score (nSPS) is 12.4. The van der Waals surface area contributed by atoms with E-state index in [1.807, 2.05) is 30.5 Å². The number of pyridine rings is 1. The van der Waals surface area contributed by atoms with Gasteiger partial charge in [0, 0.05) is 24.3 Å². The third-order valence-electron chi connectivity index (χ3n) is 3.55. The summed E-state index contributed by atoms with van der Waals surface area (Å²) in [5.74, 6) is 1.00. The largest absolute Gasteiger partial charge is 0.349 e. The van der Waals surface area contributed by atoms with Crippen LogP contribution in [0.1, 0.15) is 18.5 Å². The van der Waals surface area contributed by atoms with Gasteiger partial charge in [-0.05, 0) is 50.8 Å². The molecule has 0 fully saturated rings. The molecule has 21 heavy (non-hydrogen) atoms. The number of rotatable bonds is 6. The molecule has 0 saturated heterocycles. The van der Waals surface area contributed by atoms with Crippen LogP contribution >= 0.6 is 11.6 Å². The Hall–Kier alpha value is -1.58. The first kappa shape index (κ1) is 15.8. The molecule has 1 aromatic carbocycles. The Bertz CT molecular complexity index is 540. The number of halogens is 1. The van der Waals surface area contributed by atoms with Crippen LogP contribution in [0.15, 0.2) is 48.7 Å². The van der Waals surface area contributed by atoms with E-state index >= 15 is 0 Å². The van der Waals surface area contributed by atoms with Crippen LogP contribution < -0.4 is 4.90 Å². The summed E-state index contributed by atoms with van der Waals surface area (Å²) in [6.45, 7) is 4.11. The zero-order chi connectivity index (χ0) is 15.2. The number of hydrogen-bond acceptors (Lipinski definition) is 3. The van der Waals surface area contributed by atoms with Gasteiger partial charge in [0.25, 0.3) is 0 Å². The molecule has 1 atom stereocenters. The number of likely N-dealkylation sites (N-methyl/N-ethyl adjacent to an activating group) is 1. The molecule has 0 amide bonds. The number of hydrogen-bond donors (Lipinski definition) is 0. The van der Waals surface area contributed by atoms with Gasteiger partial charge in [-0.15, -0.1) is 0 Å². The summed E-state index contributed by atoms with van der Waals surface area (Å²) in [7, 11) is 4.17. The van der Waals surface area contributed by atoms with Gasteiger partial charge in [0.05, 0.1) is 6.04 Å². The van der Waals surface area contributed by atoms with Crippen molar-refractivity contribution in [2.24, 2.45) is 0 Å². The highest BCUT2D eigenvalue weighted by atomic mass is 35.5. The maximum Gasteiger partial charge on any atom is 0.129 e. The van der Waals surface area contributed by atoms with Crippen LogP contribution in [0, 0.1) is 0 Å². The summed E-state index contributed by atoms with van der Waals surface area (Å²) < 4.78 is 0. The highest BCUT2D eigenvalue weighted by Gasteiger charge is 2.17. The van der Waals surface area contributed by atoms with Crippen molar-refractivity contribution in [1.82, 2.24) is 9.88 Å². The molecule has 3 nitrogen and oxygen atoms in total. The van der Waals surface area contributed by atoms with Gasteiger partial charge in [0.1, 0.15) is 5.82 Å². The van der Waals surface area contributed by atoms with Gasteiger partial charge >= 0.3 is 0 Å². The lowest BCUT2D eigenvalue weighted by Crippen LogP contribution is -2.34. The smallest absolute Gasteiger partial charge is 0.129 e. The van der Waals surface area contributed by atoms with Gasteiger partial charge in [-0.1, -0.05) is 29.8 Å². The molecule has 1 aromatic heterocycles. The van der Waals surface area contributed by atoms with Crippen LogP contribution in [-0.4, -0.2) is 37.1 Å². The fourth-order valence-electron chi connectivity index (χ4n) is 2.26. The first-order valence-corrected chi connectivity index (χ1v) is 7.53. The lowest BCUT2D eigenvalue weighted by molar-refractivity contribution is 0.406. The molecule has 0 aliphatic heterocycles. The quantitative estimate of drug-likeness (QED) is 0.807. The van der Waals surface area contributed by atoms with E-state index in [2.05, 4.69) is 54.0 Å². The zero-order valence-electron chi connectivity index (χ0n) is 12.8. The van der Waals surface area contributed by atoms with E-state index in [1.54, 1.807) is 0 Å². The average Bonchev–Trinajstić information content (AvgIpc) is 2.49. The fraction of sp³-hybridized carbons (Fsp3) is 0.353. The summed E-state index contributed by atoms with van der Waals surface area (Å²) in [5, 5.41) is 0.767. The first-order valence-electron chi connectivity index (χ1n) is 7.16. The van der Waals surface area contributed by atoms with Crippen molar-refractivity contribution in [3.63, 3.8) is 0 Å². The second-order valence-electron chi connectivity index (χ2n) is 5.41. The number of nitrogens with zero attached hydrogens (tertiary/aromatic N) is 3. The lowest BCUT2D eigenvalue weighted by Gasteiger charge is -2.31. The van der Waals surface area contributed by atoms with Crippen LogP contribution in [-0.2, 0) is 0 Å². The van der Waals surface area contributed by atoms with Crippen molar-refractivity contribution in [2.45, 2.75) is 13.0 Å². The van der Waals surface area contributed by atoms with Crippen molar-refractivity contribution < 1.29 is 0 Å². The van der Waals surface area contributed by atoms with Crippen molar-refractivity contribution >= 4 is 17.4 Å². The maximum absolute atomic E-state index is 5.98. The van der Waals surface area contributed by atoms with Gasteiger partial charge in [-0.25, -0.2) is 4.98 Å². The Morgan fingerprint density at radius 3 is 2.33 bits per heavy atom. The van der Waals surface area contributed by atoms with Gasteiger partial charge < -0.3 is 9.80 Å². The summed E-state index contributed by atoms with van der Waals surface area (Å²) >= 11 is 5.98. The van der Waals surface area contributed by atoms with E-state index < -0.39 is 0 Å². The van der Waals surface area contributed by atoms with E-state index in [-0.39, 0.29) is 6.04 Å². The van der Waals surface area contributed by atoms with Crippen LogP contribution in [0.25, 0.3) is 0 Å². The monoisotopic (exact) mass is 303 g/mol. The third-order valence-corrected chi connectivity index (χ3v) is 3.80. The molecule has 4 heteroatoms. The minimum absolute atomic E-state index is 0.247. The van der Waals surface area contributed by atoms with E-state index in [0.717, 1.165) is 23.9 Å². The number of benzene rings is 1. The molecule has 0 bridgehead atoms. The predicted molar refractivity (Wildman–Crippen MR) is 90.0 cm³/mol. The predicted octanol–water partition coefficient (Wildman–Crippen LogP) is 3.86. The summed E-state index contributed by atoms with van der Waals surface area (Å²) in [4.78, 5) is 9.01. The number of anilines is 1. The van der Waals surface area contributed by atoms with Crippen LogP contribution in [0.3, 0.4) is 0 Å². The molecule has 0 saturated carbocycles. The standard InChI is InChI=1S/C17H22ClN3/c1-14(15-7-9-16(18)10-8-15)21(13-12-20(2)3)17-6-4-5-11-19-17/h4-11,14H,12-13H2,1-3H3. The van der Waals surface area contributed by atoms with Crippen molar-refractivity contribution in [2.75, 3.05) is 32.1 Å². The molecule has 0 N–H and O–H groups in total. The average molecular weight is 304 g/mol. The molecule has 0 aliphatic carbocycles. The molecule has 2 rings (SSSR count). The summed E-state index contributed by atoms with van der Waals surface area (Å²) in [6.07, 6.45) is 1.84. The Morgan fingerprint density at radius 2 is 1.76 bits per heavy atom. The minimum Gasteiger partial charge on any atom is -0.349 e. The van der Waals surface area contributed by atoms with Crippen molar-refractivity contribution in [1.29, 1.82) is 0 Å². The first-order chi connectivity index (χ1) is 10.1. The lowest BCUT2D eigenvalue weighted by atomic mass is 10.1. The topological polar surface area (TPSA) is 19.4 Å². The van der Waals surface area contributed by atoms with Crippen LogP contribution in [0.2, 0.25) is 5.02 Å². The van der Waals surface area contributed by atoms with Gasteiger partial charge in [-0.3, -0.25) is 0 Å². The zero-order valence-corrected chi connectivity index (χ0v) is 13.6. The fourth-order valence-corrected chi connectivity index (χ4v) is 2.39. The third kappa shape index (κ3) is 4.45. The molecule has 112 valence electrons. The number of aromatic nitrogens is 1. The molecule has 1 heterocycles. The molecule has 0 aliphatic rings. The van der Waals surface area contributed by atoms with E-state index in [0.29, 0.717) is 0 Å². The molecular weight excluding hydrogens is 282 g/mol. The van der Waals surface area contributed by atoms with Crippen molar-refractivity contribution in [3.05, 3.63) is 59.2 Å². The second-order valence-corrected chi connectivity index (χ2v) is 5.85. The van der Waals surface area contributed by atoms with E-state index in [1.165, 1.54) is 5.56 Å².